The van der Waals surface area contributed by atoms with Gasteiger partial charge in [-0.2, -0.15) is 0 Å². The molecule has 0 bridgehead atoms. The van der Waals surface area contributed by atoms with Crippen LogP contribution < -0.4 is 41.9 Å². The molecular weight excluding hydrogens is 1960 g/mol. The Balaban J connectivity index is 1.76. The average molecular weight is 2010 g/mol. The van der Waals surface area contributed by atoms with Crippen LogP contribution in [0.25, 0.3) is 0 Å². The van der Waals surface area contributed by atoms with E-state index >= 15 is 0 Å². The van der Waals surface area contributed by atoms with Crippen molar-refractivity contribution < 1.29 is 73.9 Å². The first-order valence-electron chi connectivity index (χ1n) is 24.2. The lowest BCUT2D eigenvalue weighted by atomic mass is 10.1. The van der Waals surface area contributed by atoms with E-state index in [0.717, 1.165) is 0 Å². The van der Waals surface area contributed by atoms with E-state index in [2.05, 4.69) is 4.90 Å². The Morgan fingerprint density at radius 1 is 0.375 bits per heavy atom. The minimum Gasteiger partial charge on any atom is -0.506 e. The lowest BCUT2D eigenvalue weighted by Gasteiger charge is -2.35. The molecule has 4 amide bonds. The molecule has 4 aromatic rings. The highest BCUT2D eigenvalue weighted by molar-refractivity contribution is 14.1. The van der Waals surface area contributed by atoms with E-state index in [1.165, 1.54) is 0 Å². The van der Waals surface area contributed by atoms with Gasteiger partial charge in [-0.25, -0.2) is 0 Å². The number of ether oxygens (including phenoxy) is 4. The molecule has 23 nitrogen and oxygen atoms in total. The lowest BCUT2D eigenvalue weighted by Crippen LogP contribution is -2.45. The maximum absolute atomic E-state index is 12.8. The quantitative estimate of drug-likeness (QED) is 0.0413. The van der Waals surface area contributed by atoms with Gasteiger partial charge < -0.3 is 77.6 Å². The lowest BCUT2D eigenvalue weighted by molar-refractivity contribution is 0.0988. The van der Waals surface area contributed by atoms with Crippen LogP contribution in [0.2, 0.25) is 0 Å². The van der Waals surface area contributed by atoms with Crippen molar-refractivity contribution in [2.75, 3.05) is 98.6 Å². The first-order valence-corrected chi connectivity index (χ1v) is 32.8. The van der Waals surface area contributed by atoms with Gasteiger partial charge in [-0.1, -0.05) is 6.92 Å². The van der Waals surface area contributed by atoms with Crippen molar-refractivity contribution in [1.29, 1.82) is 0 Å². The van der Waals surface area contributed by atoms with Crippen LogP contribution in [-0.2, 0) is 26.2 Å². The van der Waals surface area contributed by atoms with Gasteiger partial charge in [0, 0.05) is 78.5 Å². The molecule has 0 aliphatic carbocycles. The minimum absolute atomic E-state index is 0.0161. The van der Waals surface area contributed by atoms with Gasteiger partial charge in [-0.05, 0) is 187 Å². The Morgan fingerprint density at radius 3 is 0.725 bits per heavy atom. The van der Waals surface area contributed by atoms with E-state index in [-0.39, 0.29) is 207 Å². The standard InChI is InChI=1S/C49H58I8N8O15/c1-2-14-77-42-22(38(69)30(50)26(34(42)54)46(58)73)18-62-3-5-63(19-23-39(70)31(51)27(47(59)74)35(55)43(23)78-15-11-66)7-9-65(21-25-41(72)33(53)29(49(61)76)37(57)45(25)80-17-13-68)10-8-64(6-4-62)20-24-40(71)32(52)28(48(60)75)36(56)44(24)79-16-12-67/h66-72H,2-21H2,1H3,(H2,58,73)(H2,59,74)(H2,60,75)(H2,61,76). The van der Waals surface area contributed by atoms with Gasteiger partial charge in [0.15, 0.2) is 0 Å². The molecule has 5 rings (SSSR count). The molecule has 0 radical (unpaired) electrons. The van der Waals surface area contributed by atoms with E-state index in [9.17, 15) is 54.9 Å². The molecule has 80 heavy (non-hydrogen) atoms. The summed E-state index contributed by atoms with van der Waals surface area (Å²) >= 11 is 15.3. The van der Waals surface area contributed by atoms with Crippen molar-refractivity contribution >= 4 is 204 Å². The molecule has 1 heterocycles. The number of hydrogen-bond acceptors (Lipinski definition) is 19. The highest BCUT2D eigenvalue weighted by atomic mass is 127. The van der Waals surface area contributed by atoms with Crippen LogP contribution in [-0.4, -0.2) is 178 Å². The van der Waals surface area contributed by atoms with Gasteiger partial charge in [0.2, 0.25) is 0 Å². The van der Waals surface area contributed by atoms with Crippen LogP contribution >= 0.6 is 181 Å². The number of phenolic OH excluding ortho intramolecular Hbond substituents is 4. The maximum Gasteiger partial charge on any atom is 0.251 e. The predicted octanol–water partition coefficient (Wildman–Crippen LogP) is 4.97. The number of nitrogens with zero attached hydrogens (tertiary/aromatic N) is 4. The average Bonchev–Trinajstić information content (AvgIpc) is 3.40. The SMILES string of the molecule is CCCOc1c(I)c(C(N)=O)c(I)c(O)c1CN1CCN(Cc2c(O)c(I)c(C(N)=O)c(I)c2OCCO)CCN(Cc2c(O)c(I)c(C(N)=O)c(I)c2OCCO)CCN(Cc2c(O)c(I)c(C(N)=O)c(I)c2OCCO)CC1. The number of phenols is 4. The summed E-state index contributed by atoms with van der Waals surface area (Å²) in [6, 6.07) is 0. The molecule has 1 fully saturated rings. The molecule has 4 aromatic carbocycles. The fraction of sp³-hybridized carbons (Fsp3) is 0.429. The number of carbonyl (C=O) groups excluding carboxylic acids is 4. The Kier molecular flexibility index (Phi) is 28.2. The molecule has 0 unspecified atom stereocenters. The normalized spacial score (nSPS) is 14.3. The number of primary amides is 4. The summed E-state index contributed by atoms with van der Waals surface area (Å²) in [6.45, 7) is 2.75. The van der Waals surface area contributed by atoms with Gasteiger partial charge >= 0.3 is 0 Å². The summed E-state index contributed by atoms with van der Waals surface area (Å²) < 4.78 is 26.7. The number of carbonyl (C=O) groups is 4. The van der Waals surface area contributed by atoms with E-state index in [1.54, 1.807) is 0 Å². The summed E-state index contributed by atoms with van der Waals surface area (Å²) in [5.41, 5.74) is 24.9. The van der Waals surface area contributed by atoms with Gasteiger partial charge in [-0.15, -0.1) is 0 Å². The van der Waals surface area contributed by atoms with E-state index in [1.807, 2.05) is 202 Å². The van der Waals surface area contributed by atoms with Crippen molar-refractivity contribution in [2.24, 2.45) is 22.9 Å². The van der Waals surface area contributed by atoms with Gasteiger partial charge in [0.25, 0.3) is 23.6 Å². The first kappa shape index (κ1) is 69.5. The van der Waals surface area contributed by atoms with Crippen LogP contribution in [0.5, 0.6) is 46.0 Å². The number of nitrogens with two attached hydrogens (primary N) is 4. The number of aliphatic hydroxyl groups is 3. The molecule has 1 aliphatic heterocycles. The van der Waals surface area contributed by atoms with Crippen molar-refractivity contribution in [2.45, 2.75) is 39.5 Å². The number of aliphatic hydroxyl groups excluding tert-OH is 3. The number of halogens is 8. The van der Waals surface area contributed by atoms with Crippen molar-refractivity contribution in [3.05, 3.63) is 73.1 Å². The summed E-state index contributed by atoms with van der Waals surface area (Å²) in [4.78, 5) is 59.4. The fourth-order valence-corrected chi connectivity index (χ4v) is 18.2. The number of benzene rings is 4. The smallest absolute Gasteiger partial charge is 0.251 e. The third-order valence-electron chi connectivity index (χ3n) is 12.5. The van der Waals surface area contributed by atoms with Crippen LogP contribution in [0, 0.1) is 28.6 Å². The van der Waals surface area contributed by atoms with Crippen LogP contribution in [0.3, 0.4) is 0 Å². The summed E-state index contributed by atoms with van der Waals surface area (Å²) in [5, 5.41) is 77.4. The second kappa shape index (κ2) is 32.5. The molecule has 15 N–H and O–H groups in total. The molecule has 0 aromatic heterocycles. The van der Waals surface area contributed by atoms with Gasteiger partial charge in [0.1, 0.15) is 65.8 Å². The van der Waals surface area contributed by atoms with Crippen LogP contribution in [0.15, 0.2) is 0 Å². The van der Waals surface area contributed by atoms with Crippen molar-refractivity contribution in [3.63, 3.8) is 0 Å². The van der Waals surface area contributed by atoms with Crippen LogP contribution in [0.4, 0.5) is 0 Å². The number of rotatable bonds is 24. The van der Waals surface area contributed by atoms with Gasteiger partial charge in [-0.3, -0.25) is 38.8 Å². The summed E-state index contributed by atoms with van der Waals surface area (Å²) in [5.74, 6) is -3.36. The molecule has 440 valence electrons. The molecule has 0 saturated carbocycles. The highest BCUT2D eigenvalue weighted by Crippen LogP contribution is 2.45. The van der Waals surface area contributed by atoms with E-state index < -0.39 is 23.6 Å². The second-order valence-corrected chi connectivity index (χ2v) is 26.4. The minimum atomic E-state index is -0.800. The largest absolute Gasteiger partial charge is 0.506 e. The Bertz CT molecular complexity index is 2580. The van der Waals surface area contributed by atoms with Crippen molar-refractivity contribution in [3.8, 4) is 46.0 Å². The zero-order valence-corrected chi connectivity index (χ0v) is 59.9. The molecule has 0 spiro atoms. The highest BCUT2D eigenvalue weighted by Gasteiger charge is 2.33. The van der Waals surface area contributed by atoms with E-state index in [0.29, 0.717) is 43.0 Å². The summed E-state index contributed by atoms with van der Waals surface area (Å²) in [6.07, 6.45) is 0.608. The third-order valence-corrected chi connectivity index (χ3v) is 20.8. The number of amides is 4. The number of aromatic hydroxyl groups is 4. The topological polar surface area (TPSA) is 364 Å². The number of hydrogen-bond donors (Lipinski definition) is 11. The van der Waals surface area contributed by atoms with E-state index in [4.69, 9.17) is 41.9 Å². The Hall–Kier alpha value is -1.28. The first-order chi connectivity index (χ1) is 37.9. The summed E-state index contributed by atoms with van der Waals surface area (Å²) in [7, 11) is 0. The van der Waals surface area contributed by atoms with Crippen LogP contribution in [0.1, 0.15) is 77.0 Å². The maximum atomic E-state index is 12.8. The molecular formula is C49H58I8N8O15. The molecule has 31 heteroatoms. The Morgan fingerprint density at radius 2 is 0.562 bits per heavy atom. The third kappa shape index (κ3) is 16.6. The zero-order chi connectivity index (χ0) is 59.4. The monoisotopic (exact) mass is 2010 g/mol. The Labute approximate surface area is 570 Å². The molecule has 1 saturated heterocycles. The fourth-order valence-electron chi connectivity index (χ4n) is 8.61. The van der Waals surface area contributed by atoms with Crippen molar-refractivity contribution in [1.82, 2.24) is 19.6 Å². The second-order valence-electron chi connectivity index (χ2n) is 17.8. The zero-order valence-electron chi connectivity index (χ0n) is 42.7. The predicted molar refractivity (Wildman–Crippen MR) is 363 cm³/mol. The molecule has 1 aliphatic rings. The van der Waals surface area contributed by atoms with Gasteiger partial charge in [0.05, 0.1) is 99.5 Å². The molecule has 0 atom stereocenters.